The van der Waals surface area contributed by atoms with Gasteiger partial charge in [-0.25, -0.2) is 0 Å². The minimum atomic E-state index is -0.0635. The Bertz CT molecular complexity index is 1230. The molecule has 0 fully saturated rings. The van der Waals surface area contributed by atoms with Gasteiger partial charge in [0.1, 0.15) is 12.1 Å². The number of amides is 1. The third-order valence-corrected chi connectivity index (χ3v) is 12.3. The summed E-state index contributed by atoms with van der Waals surface area (Å²) in [5.41, 5.74) is 2.27. The first-order valence-corrected chi connectivity index (χ1v) is 25.4. The number of ether oxygens (including phenoxy) is 1. The molecule has 1 aromatic heterocycles. The molecule has 0 saturated heterocycles. The standard InChI is InChI=1S/C19H36O.C17H32O3.C15H25N3OS/c1-3-4-5-6-7-8-9-10-11-12-13-14-15-16-17-18-19(2)20;1-2-3-4-5-6-10-13-16-20-17(19)14-11-8-7-9-12-15-18;1-5-12-14(15(19)16-7-9-17(2)3)11-6-8-18(4)10-13(11)20-12/h10-11H,3-9,12-18H2,1-2H3;15H,2-14,16H2,1H3;5-10H2,1-4H3,(H,16,19)/b11-10-;;. The van der Waals surface area contributed by atoms with Crippen molar-refractivity contribution in [3.8, 4) is 0 Å². The predicted octanol–water partition coefficient (Wildman–Crippen LogP) is 13.0. The lowest BCUT2D eigenvalue weighted by molar-refractivity contribution is -0.144. The molecule has 1 aromatic rings. The van der Waals surface area contributed by atoms with Crippen molar-refractivity contribution in [1.82, 2.24) is 15.1 Å². The predicted molar refractivity (Wildman–Crippen MR) is 257 cm³/mol. The Hall–Kier alpha value is -2.36. The molecule has 60 heavy (non-hydrogen) atoms. The molecule has 348 valence electrons. The molecule has 2 rings (SSSR count). The van der Waals surface area contributed by atoms with Crippen LogP contribution in [0.2, 0.25) is 0 Å². The number of hydrogen-bond donors (Lipinski definition) is 1. The normalized spacial score (nSPS) is 12.4. The average molecular weight is 860 g/mol. The first kappa shape index (κ1) is 57.6. The third kappa shape index (κ3) is 34.3. The second-order valence-electron chi connectivity index (χ2n) is 17.2. The fourth-order valence-electron chi connectivity index (χ4n) is 7.19. The van der Waals surface area contributed by atoms with Crippen LogP contribution in [-0.4, -0.2) is 81.1 Å². The Morgan fingerprint density at radius 2 is 1.23 bits per heavy atom. The Morgan fingerprint density at radius 1 is 0.717 bits per heavy atom. The lowest BCUT2D eigenvalue weighted by atomic mass is 10.0. The third-order valence-electron chi connectivity index (χ3n) is 11.0. The number of fused-ring (bicyclic) bond motifs is 1. The average Bonchev–Trinajstić information content (AvgIpc) is 3.59. The molecule has 0 atom stereocenters. The van der Waals surface area contributed by atoms with E-state index in [4.69, 9.17) is 4.74 Å². The van der Waals surface area contributed by atoms with Crippen LogP contribution in [0.3, 0.4) is 0 Å². The van der Waals surface area contributed by atoms with Crippen LogP contribution in [0, 0.1) is 0 Å². The van der Waals surface area contributed by atoms with Gasteiger partial charge in [-0.3, -0.25) is 9.59 Å². The zero-order chi connectivity index (χ0) is 44.5. The number of ketones is 1. The smallest absolute Gasteiger partial charge is 0.305 e. The number of carbonyl (C=O) groups is 4. The van der Waals surface area contributed by atoms with Gasteiger partial charge in [0.25, 0.3) is 5.91 Å². The molecule has 1 amide bonds. The van der Waals surface area contributed by atoms with E-state index in [1.165, 1.54) is 131 Å². The van der Waals surface area contributed by atoms with E-state index >= 15 is 0 Å². The molecule has 0 unspecified atom stereocenters. The molecular weight excluding hydrogens is 767 g/mol. The number of nitrogens with zero attached hydrogens (tertiary/aromatic N) is 2. The van der Waals surface area contributed by atoms with Gasteiger partial charge in [0, 0.05) is 55.2 Å². The quantitative estimate of drug-likeness (QED) is 0.0314. The van der Waals surface area contributed by atoms with Crippen molar-refractivity contribution in [2.24, 2.45) is 0 Å². The zero-order valence-electron chi connectivity index (χ0n) is 40.1. The van der Waals surface area contributed by atoms with Crippen LogP contribution >= 0.6 is 11.3 Å². The zero-order valence-corrected chi connectivity index (χ0v) is 40.9. The number of rotatable bonds is 35. The molecular formula is C51H93N3O5S. The Balaban J connectivity index is 0.000000870. The molecule has 0 aliphatic carbocycles. The first-order chi connectivity index (χ1) is 29.1. The Labute approximate surface area is 373 Å². The number of likely N-dealkylation sites (N-methyl/N-ethyl adjacent to an activating group) is 2. The minimum Gasteiger partial charge on any atom is -0.466 e. The van der Waals surface area contributed by atoms with E-state index in [0.29, 0.717) is 31.8 Å². The summed E-state index contributed by atoms with van der Waals surface area (Å²) in [7, 11) is 6.18. The van der Waals surface area contributed by atoms with Gasteiger partial charge in [0.2, 0.25) is 0 Å². The van der Waals surface area contributed by atoms with Gasteiger partial charge >= 0.3 is 5.97 Å². The van der Waals surface area contributed by atoms with Crippen LogP contribution < -0.4 is 5.32 Å². The van der Waals surface area contributed by atoms with E-state index in [1.54, 1.807) is 6.92 Å². The molecule has 1 N–H and O–H groups in total. The minimum absolute atomic E-state index is 0.0635. The van der Waals surface area contributed by atoms with Crippen LogP contribution in [0.4, 0.5) is 0 Å². The van der Waals surface area contributed by atoms with Crippen molar-refractivity contribution in [2.45, 2.75) is 220 Å². The van der Waals surface area contributed by atoms with Crippen molar-refractivity contribution >= 4 is 35.3 Å². The SMILES string of the molecule is CCCCCCCC/C=C\CCCCCCCC(C)=O.CCCCCCCCCOC(=O)CCCCCCC=O.CCc1sc2c(c1C(=O)NCCN(C)C)CCN(C)C2. The maximum atomic E-state index is 12.5. The van der Waals surface area contributed by atoms with E-state index in [9.17, 15) is 19.2 Å². The fourth-order valence-corrected chi connectivity index (χ4v) is 8.57. The first-order valence-electron chi connectivity index (χ1n) is 24.6. The van der Waals surface area contributed by atoms with Gasteiger partial charge in [0.05, 0.1) is 12.2 Å². The largest absolute Gasteiger partial charge is 0.466 e. The van der Waals surface area contributed by atoms with Crippen LogP contribution in [-0.2, 0) is 38.5 Å². The Morgan fingerprint density at radius 3 is 1.77 bits per heavy atom. The van der Waals surface area contributed by atoms with Gasteiger partial charge in [-0.2, -0.15) is 0 Å². The molecule has 0 aromatic carbocycles. The van der Waals surface area contributed by atoms with E-state index in [-0.39, 0.29) is 11.9 Å². The summed E-state index contributed by atoms with van der Waals surface area (Å²) in [6.45, 7) is 12.5. The number of Topliss-reactive ketones (excluding diaryl/α,β-unsaturated/α-hetero) is 1. The van der Waals surface area contributed by atoms with E-state index in [1.807, 2.05) is 25.4 Å². The number of nitrogens with one attached hydrogen (secondary N) is 1. The number of esters is 1. The van der Waals surface area contributed by atoms with E-state index in [2.05, 4.69) is 55.1 Å². The van der Waals surface area contributed by atoms with Gasteiger partial charge < -0.3 is 29.4 Å². The number of carbonyl (C=O) groups excluding carboxylic acids is 4. The van der Waals surface area contributed by atoms with E-state index in [0.717, 1.165) is 89.3 Å². The summed E-state index contributed by atoms with van der Waals surface area (Å²) in [6.07, 6.45) is 39.2. The van der Waals surface area contributed by atoms with Crippen LogP contribution in [0.25, 0.3) is 0 Å². The summed E-state index contributed by atoms with van der Waals surface area (Å²) in [5.74, 6) is 0.389. The summed E-state index contributed by atoms with van der Waals surface area (Å²) in [4.78, 5) is 51.8. The van der Waals surface area contributed by atoms with Crippen molar-refractivity contribution < 1.29 is 23.9 Å². The van der Waals surface area contributed by atoms with Gasteiger partial charge in [-0.1, -0.05) is 136 Å². The number of unbranched alkanes of at least 4 members (excludes halogenated alkanes) is 21. The molecule has 9 heteroatoms. The van der Waals surface area contributed by atoms with Crippen LogP contribution in [0.15, 0.2) is 12.2 Å². The maximum Gasteiger partial charge on any atom is 0.305 e. The molecule has 0 spiro atoms. The molecule has 1 aliphatic heterocycles. The van der Waals surface area contributed by atoms with Crippen molar-refractivity contribution in [3.05, 3.63) is 33.0 Å². The summed E-state index contributed by atoms with van der Waals surface area (Å²) in [5, 5.41) is 3.06. The lowest BCUT2D eigenvalue weighted by Crippen LogP contribution is -2.33. The summed E-state index contributed by atoms with van der Waals surface area (Å²) >= 11 is 1.82. The molecule has 0 saturated carbocycles. The van der Waals surface area contributed by atoms with Gasteiger partial charge in [-0.05, 0) is 97.8 Å². The number of aryl methyl sites for hydroxylation is 1. The molecule has 8 nitrogen and oxygen atoms in total. The second kappa shape index (κ2) is 42.0. The van der Waals surface area contributed by atoms with Gasteiger partial charge in [-0.15, -0.1) is 11.3 Å². The fraction of sp³-hybridized carbons (Fsp3) is 0.804. The second-order valence-corrected chi connectivity index (χ2v) is 18.4. The summed E-state index contributed by atoms with van der Waals surface area (Å²) < 4.78 is 5.20. The monoisotopic (exact) mass is 860 g/mol. The highest BCUT2D eigenvalue weighted by atomic mass is 32.1. The number of aldehydes is 1. The Kier molecular flexibility index (Phi) is 40.3. The summed E-state index contributed by atoms with van der Waals surface area (Å²) in [6, 6.07) is 0. The van der Waals surface area contributed by atoms with Crippen molar-refractivity contribution in [2.75, 3.05) is 47.4 Å². The molecule has 2 heterocycles. The molecule has 0 radical (unpaired) electrons. The van der Waals surface area contributed by atoms with Crippen molar-refractivity contribution in [3.63, 3.8) is 0 Å². The molecule has 1 aliphatic rings. The van der Waals surface area contributed by atoms with Crippen molar-refractivity contribution in [1.29, 1.82) is 0 Å². The van der Waals surface area contributed by atoms with E-state index < -0.39 is 0 Å². The highest BCUT2D eigenvalue weighted by Gasteiger charge is 2.25. The number of hydrogen-bond acceptors (Lipinski definition) is 8. The topological polar surface area (TPSA) is 96.0 Å². The maximum absolute atomic E-state index is 12.5. The highest BCUT2D eigenvalue weighted by molar-refractivity contribution is 7.12. The van der Waals surface area contributed by atoms with Gasteiger partial charge in [0.15, 0.2) is 0 Å². The molecule has 0 bridgehead atoms. The van der Waals surface area contributed by atoms with Crippen LogP contribution in [0.1, 0.15) is 227 Å². The lowest BCUT2D eigenvalue weighted by Gasteiger charge is -2.22. The van der Waals surface area contributed by atoms with Crippen LogP contribution in [0.5, 0.6) is 0 Å². The number of allylic oxidation sites excluding steroid dienone is 2. The highest BCUT2D eigenvalue weighted by Crippen LogP contribution is 2.33. The number of thiophene rings is 1.